The van der Waals surface area contributed by atoms with Crippen LogP contribution < -0.4 is 5.73 Å². The molecule has 1 heterocycles. The van der Waals surface area contributed by atoms with Gasteiger partial charge in [0, 0.05) is 17.6 Å². The Morgan fingerprint density at radius 3 is 2.84 bits per heavy atom. The third kappa shape index (κ3) is 2.57. The third-order valence-electron chi connectivity index (χ3n) is 3.41. The zero-order valence-electron chi connectivity index (χ0n) is 10.6. The number of nitrogen functional groups attached to an aromatic ring is 1. The Kier molecular flexibility index (Phi) is 4.03. The van der Waals surface area contributed by atoms with Gasteiger partial charge in [0.05, 0.1) is 5.69 Å². The summed E-state index contributed by atoms with van der Waals surface area (Å²) in [4.78, 5) is -0.433. The molecule has 0 radical (unpaired) electrons. The first kappa shape index (κ1) is 14.6. The molecule has 0 spiro atoms. The van der Waals surface area contributed by atoms with Crippen molar-refractivity contribution in [2.45, 2.75) is 37.1 Å². The van der Waals surface area contributed by atoms with E-state index >= 15 is 0 Å². The molecular formula is C12H16ClFN2O2S. The van der Waals surface area contributed by atoms with Crippen molar-refractivity contribution < 1.29 is 12.8 Å². The Labute approximate surface area is 117 Å². The molecule has 1 saturated heterocycles. The molecule has 0 aromatic heterocycles. The average molecular weight is 307 g/mol. The number of benzene rings is 1. The van der Waals surface area contributed by atoms with Gasteiger partial charge in [-0.05, 0) is 31.4 Å². The van der Waals surface area contributed by atoms with Crippen molar-refractivity contribution in [2.75, 3.05) is 12.3 Å². The number of hydrogen-bond donors (Lipinski definition) is 1. The molecule has 106 valence electrons. The van der Waals surface area contributed by atoms with Crippen LogP contribution in [-0.2, 0) is 10.0 Å². The zero-order valence-corrected chi connectivity index (χ0v) is 12.1. The maximum absolute atomic E-state index is 14.0. The quantitative estimate of drug-likeness (QED) is 0.873. The van der Waals surface area contributed by atoms with Gasteiger partial charge in [-0.15, -0.1) is 0 Å². The van der Waals surface area contributed by atoms with Gasteiger partial charge in [0.15, 0.2) is 5.82 Å². The number of rotatable bonds is 3. The van der Waals surface area contributed by atoms with E-state index in [1.807, 2.05) is 6.92 Å². The van der Waals surface area contributed by atoms with E-state index in [9.17, 15) is 12.8 Å². The van der Waals surface area contributed by atoms with Crippen LogP contribution in [0, 0.1) is 5.82 Å². The van der Waals surface area contributed by atoms with Gasteiger partial charge in [-0.3, -0.25) is 0 Å². The molecule has 1 fully saturated rings. The summed E-state index contributed by atoms with van der Waals surface area (Å²) in [6.07, 6.45) is 2.29. The molecule has 1 atom stereocenters. The van der Waals surface area contributed by atoms with Crippen molar-refractivity contribution in [1.82, 2.24) is 4.31 Å². The van der Waals surface area contributed by atoms with E-state index in [1.165, 1.54) is 10.4 Å². The number of sulfonamides is 1. The summed E-state index contributed by atoms with van der Waals surface area (Å²) < 4.78 is 40.3. The molecule has 0 saturated carbocycles. The number of anilines is 1. The van der Waals surface area contributed by atoms with Gasteiger partial charge in [0.1, 0.15) is 4.90 Å². The molecule has 1 aromatic carbocycles. The van der Waals surface area contributed by atoms with Gasteiger partial charge >= 0.3 is 0 Å². The molecule has 1 aromatic rings. The van der Waals surface area contributed by atoms with E-state index in [4.69, 9.17) is 17.3 Å². The van der Waals surface area contributed by atoms with Crippen molar-refractivity contribution in [3.8, 4) is 0 Å². The minimum Gasteiger partial charge on any atom is -0.396 e. The molecule has 2 rings (SSSR count). The second-order valence-corrected chi connectivity index (χ2v) is 6.92. The van der Waals surface area contributed by atoms with Gasteiger partial charge in [0.25, 0.3) is 0 Å². The standard InChI is InChI=1S/C12H16ClFN2O2S/c1-2-9-4-3-5-16(9)19(17,18)11-7-8(13)6-10(15)12(11)14/h6-7,9H,2-5,15H2,1H3. The number of nitrogens with zero attached hydrogens (tertiary/aromatic N) is 1. The summed E-state index contributed by atoms with van der Waals surface area (Å²) in [5.41, 5.74) is 5.19. The fourth-order valence-corrected chi connectivity index (χ4v) is 4.61. The lowest BCUT2D eigenvalue weighted by Crippen LogP contribution is -2.35. The first-order valence-corrected chi connectivity index (χ1v) is 7.96. The Balaban J connectivity index is 2.51. The lowest BCUT2D eigenvalue weighted by atomic mass is 10.2. The van der Waals surface area contributed by atoms with E-state index in [1.54, 1.807) is 0 Å². The minimum atomic E-state index is -3.88. The summed E-state index contributed by atoms with van der Waals surface area (Å²) in [5, 5.41) is 0.115. The van der Waals surface area contributed by atoms with Crippen molar-refractivity contribution >= 4 is 27.3 Å². The summed E-state index contributed by atoms with van der Waals surface area (Å²) in [6, 6.07) is 2.25. The van der Waals surface area contributed by atoms with Crippen LogP contribution in [0.5, 0.6) is 0 Å². The maximum atomic E-state index is 14.0. The lowest BCUT2D eigenvalue weighted by molar-refractivity contribution is 0.377. The molecule has 1 aliphatic heterocycles. The summed E-state index contributed by atoms with van der Waals surface area (Å²) in [5.74, 6) is -0.925. The Hall–Kier alpha value is -0.850. The topological polar surface area (TPSA) is 63.4 Å². The molecule has 1 unspecified atom stereocenters. The van der Waals surface area contributed by atoms with E-state index in [2.05, 4.69) is 0 Å². The van der Waals surface area contributed by atoms with Crippen LogP contribution in [0.1, 0.15) is 26.2 Å². The van der Waals surface area contributed by atoms with Gasteiger partial charge in [-0.2, -0.15) is 4.31 Å². The van der Waals surface area contributed by atoms with Crippen LogP contribution in [0.15, 0.2) is 17.0 Å². The summed E-state index contributed by atoms with van der Waals surface area (Å²) >= 11 is 5.78. The minimum absolute atomic E-state index is 0.0791. The van der Waals surface area contributed by atoms with Crippen molar-refractivity contribution in [2.24, 2.45) is 0 Å². The van der Waals surface area contributed by atoms with Crippen molar-refractivity contribution in [3.05, 3.63) is 23.0 Å². The molecule has 0 aliphatic carbocycles. The highest BCUT2D eigenvalue weighted by atomic mass is 35.5. The van der Waals surface area contributed by atoms with Crippen LogP contribution in [0.25, 0.3) is 0 Å². The van der Waals surface area contributed by atoms with Gasteiger partial charge in [0.2, 0.25) is 10.0 Å². The van der Waals surface area contributed by atoms with Crippen LogP contribution in [-0.4, -0.2) is 25.3 Å². The first-order valence-electron chi connectivity index (χ1n) is 6.14. The molecule has 19 heavy (non-hydrogen) atoms. The molecule has 0 amide bonds. The molecule has 4 nitrogen and oxygen atoms in total. The normalized spacial score (nSPS) is 20.9. The fraction of sp³-hybridized carbons (Fsp3) is 0.500. The molecule has 2 N–H and O–H groups in total. The maximum Gasteiger partial charge on any atom is 0.246 e. The smallest absolute Gasteiger partial charge is 0.246 e. The van der Waals surface area contributed by atoms with Gasteiger partial charge < -0.3 is 5.73 Å². The van der Waals surface area contributed by atoms with E-state index in [-0.39, 0.29) is 16.8 Å². The summed E-state index contributed by atoms with van der Waals surface area (Å²) in [6.45, 7) is 2.33. The average Bonchev–Trinajstić information content (AvgIpc) is 2.82. The van der Waals surface area contributed by atoms with Crippen LogP contribution >= 0.6 is 11.6 Å². The lowest BCUT2D eigenvalue weighted by Gasteiger charge is -2.23. The number of halogens is 2. The highest BCUT2D eigenvalue weighted by Gasteiger charge is 2.36. The van der Waals surface area contributed by atoms with Crippen LogP contribution in [0.3, 0.4) is 0 Å². The molecule has 1 aliphatic rings. The van der Waals surface area contributed by atoms with E-state index in [0.29, 0.717) is 13.0 Å². The second kappa shape index (κ2) is 5.26. The van der Waals surface area contributed by atoms with E-state index in [0.717, 1.165) is 18.9 Å². The second-order valence-electron chi connectivity index (χ2n) is 4.63. The van der Waals surface area contributed by atoms with E-state index < -0.39 is 20.7 Å². The number of nitrogens with two attached hydrogens (primary N) is 1. The summed E-state index contributed by atoms with van der Waals surface area (Å²) in [7, 11) is -3.88. The molecule has 0 bridgehead atoms. The monoisotopic (exact) mass is 306 g/mol. The van der Waals surface area contributed by atoms with Crippen LogP contribution in [0.4, 0.5) is 10.1 Å². The fourth-order valence-electron chi connectivity index (χ4n) is 2.43. The zero-order chi connectivity index (χ0) is 14.2. The predicted octanol–water partition coefficient (Wildman–Crippen LogP) is 2.62. The predicted molar refractivity (Wildman–Crippen MR) is 73.0 cm³/mol. The first-order chi connectivity index (χ1) is 8.87. The van der Waals surface area contributed by atoms with Gasteiger partial charge in [-0.25, -0.2) is 12.8 Å². The van der Waals surface area contributed by atoms with Crippen molar-refractivity contribution in [3.63, 3.8) is 0 Å². The van der Waals surface area contributed by atoms with Gasteiger partial charge in [-0.1, -0.05) is 18.5 Å². The Bertz CT molecular complexity index is 592. The number of hydrogen-bond acceptors (Lipinski definition) is 3. The Morgan fingerprint density at radius 2 is 2.21 bits per heavy atom. The Morgan fingerprint density at radius 1 is 1.53 bits per heavy atom. The largest absolute Gasteiger partial charge is 0.396 e. The highest BCUT2D eigenvalue weighted by Crippen LogP contribution is 2.32. The SMILES string of the molecule is CCC1CCCN1S(=O)(=O)c1cc(Cl)cc(N)c1F. The third-order valence-corrected chi connectivity index (χ3v) is 5.58. The van der Waals surface area contributed by atoms with Crippen LogP contribution in [0.2, 0.25) is 5.02 Å². The molecular weight excluding hydrogens is 291 g/mol. The highest BCUT2D eigenvalue weighted by molar-refractivity contribution is 7.89. The molecule has 7 heteroatoms. The van der Waals surface area contributed by atoms with Crippen molar-refractivity contribution in [1.29, 1.82) is 0 Å².